The summed E-state index contributed by atoms with van der Waals surface area (Å²) >= 11 is 11.7. The van der Waals surface area contributed by atoms with Gasteiger partial charge in [0.25, 0.3) is 0 Å². The molecular weight excluding hydrogens is 323 g/mol. The van der Waals surface area contributed by atoms with Gasteiger partial charge >= 0.3 is 0 Å². The summed E-state index contributed by atoms with van der Waals surface area (Å²) in [5, 5.41) is 0.315. The van der Waals surface area contributed by atoms with Crippen molar-refractivity contribution in [2.75, 3.05) is 12.8 Å². The molecule has 0 bridgehead atoms. The van der Waals surface area contributed by atoms with Gasteiger partial charge in [-0.05, 0) is 31.4 Å². The number of sulfonamides is 1. The molecule has 2 unspecified atom stereocenters. The molecule has 5 nitrogen and oxygen atoms in total. The standard InChI is InChI=1S/C12H16Cl2N2O3S/c1-19-9-3-2-8(6-9)16-20(17,18)12-10(14)4-7(13)5-11(12)15/h4-5,8-9,16H,2-3,6,15H2,1H3. The van der Waals surface area contributed by atoms with Crippen molar-refractivity contribution in [3.8, 4) is 0 Å². The molecule has 1 aliphatic rings. The number of nitrogens with two attached hydrogens (primary N) is 1. The highest BCUT2D eigenvalue weighted by Crippen LogP contribution is 2.32. The van der Waals surface area contributed by atoms with Gasteiger partial charge in [0, 0.05) is 18.2 Å². The summed E-state index contributed by atoms with van der Waals surface area (Å²) in [6, 6.07) is 2.56. The maximum Gasteiger partial charge on any atom is 0.244 e. The molecule has 0 saturated heterocycles. The first kappa shape index (κ1) is 15.9. The highest BCUT2D eigenvalue weighted by atomic mass is 35.5. The molecule has 1 aromatic rings. The molecule has 1 saturated carbocycles. The summed E-state index contributed by atoms with van der Waals surface area (Å²) < 4.78 is 32.6. The van der Waals surface area contributed by atoms with Crippen molar-refractivity contribution < 1.29 is 13.2 Å². The molecule has 0 aliphatic heterocycles. The van der Waals surface area contributed by atoms with Crippen LogP contribution in [0.15, 0.2) is 17.0 Å². The van der Waals surface area contributed by atoms with Crippen LogP contribution in [0, 0.1) is 0 Å². The number of methoxy groups -OCH3 is 1. The first-order valence-electron chi connectivity index (χ1n) is 6.13. The van der Waals surface area contributed by atoms with Crippen LogP contribution in [0.5, 0.6) is 0 Å². The number of hydrogen-bond acceptors (Lipinski definition) is 4. The van der Waals surface area contributed by atoms with E-state index in [4.69, 9.17) is 33.7 Å². The van der Waals surface area contributed by atoms with Crippen LogP contribution < -0.4 is 10.5 Å². The zero-order chi connectivity index (χ0) is 14.9. The lowest BCUT2D eigenvalue weighted by molar-refractivity contribution is 0.107. The summed E-state index contributed by atoms with van der Waals surface area (Å²) in [4.78, 5) is -0.121. The average Bonchev–Trinajstić information content (AvgIpc) is 2.73. The number of ether oxygens (including phenoxy) is 1. The van der Waals surface area contributed by atoms with Gasteiger partial charge in [0.15, 0.2) is 0 Å². The second-order valence-electron chi connectivity index (χ2n) is 4.79. The van der Waals surface area contributed by atoms with Crippen LogP contribution in [-0.4, -0.2) is 27.7 Å². The molecule has 2 rings (SSSR count). The topological polar surface area (TPSA) is 81.4 Å². The van der Waals surface area contributed by atoms with Crippen LogP contribution in [0.1, 0.15) is 19.3 Å². The van der Waals surface area contributed by atoms with Gasteiger partial charge in [-0.25, -0.2) is 13.1 Å². The lowest BCUT2D eigenvalue weighted by Gasteiger charge is -2.15. The number of rotatable bonds is 4. The van der Waals surface area contributed by atoms with Crippen LogP contribution >= 0.6 is 23.2 Å². The van der Waals surface area contributed by atoms with E-state index in [-0.39, 0.29) is 27.8 Å². The van der Waals surface area contributed by atoms with E-state index in [1.165, 1.54) is 12.1 Å². The van der Waals surface area contributed by atoms with Crippen LogP contribution in [0.4, 0.5) is 5.69 Å². The predicted molar refractivity (Wildman–Crippen MR) is 79.6 cm³/mol. The van der Waals surface area contributed by atoms with Crippen molar-refractivity contribution in [3.05, 3.63) is 22.2 Å². The van der Waals surface area contributed by atoms with E-state index in [1.54, 1.807) is 7.11 Å². The molecular formula is C12H16Cl2N2O3S. The largest absolute Gasteiger partial charge is 0.398 e. The quantitative estimate of drug-likeness (QED) is 0.826. The minimum Gasteiger partial charge on any atom is -0.398 e. The summed E-state index contributed by atoms with van der Waals surface area (Å²) in [7, 11) is -2.15. The fourth-order valence-electron chi connectivity index (χ4n) is 2.40. The predicted octanol–water partition coefficient (Wildman–Crippen LogP) is 2.42. The van der Waals surface area contributed by atoms with E-state index in [1.807, 2.05) is 0 Å². The summed E-state index contributed by atoms with van der Waals surface area (Å²) in [6.45, 7) is 0. The maximum absolute atomic E-state index is 12.4. The molecule has 1 fully saturated rings. The molecule has 0 radical (unpaired) electrons. The van der Waals surface area contributed by atoms with Gasteiger partial charge in [-0.15, -0.1) is 0 Å². The van der Waals surface area contributed by atoms with Crippen LogP contribution in [0.2, 0.25) is 10.0 Å². The Kier molecular flexibility index (Phi) is 4.81. The summed E-state index contributed by atoms with van der Waals surface area (Å²) in [5.41, 5.74) is 5.76. The lowest BCUT2D eigenvalue weighted by atomic mass is 10.3. The Balaban J connectivity index is 2.24. The summed E-state index contributed by atoms with van der Waals surface area (Å²) in [5.74, 6) is 0. The third-order valence-corrected chi connectivity index (χ3v) is 5.61. The van der Waals surface area contributed by atoms with Gasteiger partial charge in [-0.2, -0.15) is 0 Å². The monoisotopic (exact) mass is 338 g/mol. The van der Waals surface area contributed by atoms with Crippen molar-refractivity contribution in [1.82, 2.24) is 4.72 Å². The number of anilines is 1. The average molecular weight is 339 g/mol. The molecule has 2 atom stereocenters. The highest BCUT2D eigenvalue weighted by molar-refractivity contribution is 7.89. The molecule has 0 spiro atoms. The highest BCUT2D eigenvalue weighted by Gasteiger charge is 2.30. The van der Waals surface area contributed by atoms with Crippen LogP contribution in [0.3, 0.4) is 0 Å². The fraction of sp³-hybridized carbons (Fsp3) is 0.500. The maximum atomic E-state index is 12.4. The first-order chi connectivity index (χ1) is 9.33. The minimum absolute atomic E-state index is 0.0174. The molecule has 1 aliphatic carbocycles. The molecule has 3 N–H and O–H groups in total. The zero-order valence-corrected chi connectivity index (χ0v) is 13.2. The van der Waals surface area contributed by atoms with E-state index in [2.05, 4.69) is 4.72 Å². The minimum atomic E-state index is -3.77. The molecule has 20 heavy (non-hydrogen) atoms. The van der Waals surface area contributed by atoms with Gasteiger partial charge in [0.2, 0.25) is 10.0 Å². The SMILES string of the molecule is COC1CCC(NS(=O)(=O)c2c(N)cc(Cl)cc2Cl)C1. The third-order valence-electron chi connectivity index (χ3n) is 3.35. The van der Waals surface area contributed by atoms with Crippen molar-refractivity contribution >= 4 is 38.9 Å². The molecule has 112 valence electrons. The van der Waals surface area contributed by atoms with Crippen LogP contribution in [-0.2, 0) is 14.8 Å². The van der Waals surface area contributed by atoms with E-state index >= 15 is 0 Å². The molecule has 0 heterocycles. The Hall–Kier alpha value is -0.530. The second-order valence-corrected chi connectivity index (χ2v) is 7.29. The van der Waals surface area contributed by atoms with Gasteiger partial charge in [-0.3, -0.25) is 0 Å². The Morgan fingerprint density at radius 1 is 1.35 bits per heavy atom. The molecule has 1 aromatic carbocycles. The normalized spacial score (nSPS) is 23.1. The summed E-state index contributed by atoms with van der Waals surface area (Å²) in [6.07, 6.45) is 2.28. The third kappa shape index (κ3) is 3.38. The van der Waals surface area contributed by atoms with Gasteiger partial charge in [-0.1, -0.05) is 23.2 Å². The number of nitrogen functional groups attached to an aromatic ring is 1. The van der Waals surface area contributed by atoms with Crippen molar-refractivity contribution in [3.63, 3.8) is 0 Å². The number of halogens is 2. The lowest BCUT2D eigenvalue weighted by Crippen LogP contribution is -2.34. The fourth-order valence-corrected chi connectivity index (χ4v) is 4.67. The van der Waals surface area contributed by atoms with Crippen molar-refractivity contribution in [1.29, 1.82) is 0 Å². The number of nitrogens with one attached hydrogen (secondary N) is 1. The van der Waals surface area contributed by atoms with E-state index in [0.29, 0.717) is 11.4 Å². The Morgan fingerprint density at radius 3 is 2.60 bits per heavy atom. The Morgan fingerprint density at radius 2 is 2.05 bits per heavy atom. The Bertz CT molecular complexity index is 584. The molecule has 0 aromatic heterocycles. The Labute approximate surface area is 128 Å². The van der Waals surface area contributed by atoms with E-state index in [9.17, 15) is 8.42 Å². The second kappa shape index (κ2) is 6.07. The molecule has 8 heteroatoms. The van der Waals surface area contributed by atoms with Crippen molar-refractivity contribution in [2.24, 2.45) is 0 Å². The smallest absolute Gasteiger partial charge is 0.244 e. The number of benzene rings is 1. The van der Waals surface area contributed by atoms with E-state index in [0.717, 1.165) is 12.8 Å². The van der Waals surface area contributed by atoms with Gasteiger partial charge in [0.1, 0.15) is 4.90 Å². The van der Waals surface area contributed by atoms with E-state index < -0.39 is 10.0 Å². The molecule has 0 amide bonds. The van der Waals surface area contributed by atoms with Crippen molar-refractivity contribution in [2.45, 2.75) is 36.3 Å². The zero-order valence-electron chi connectivity index (χ0n) is 10.9. The van der Waals surface area contributed by atoms with Gasteiger partial charge < -0.3 is 10.5 Å². The first-order valence-corrected chi connectivity index (χ1v) is 8.37. The van der Waals surface area contributed by atoms with Crippen LogP contribution in [0.25, 0.3) is 0 Å². The van der Waals surface area contributed by atoms with Gasteiger partial charge in [0.05, 0.1) is 16.8 Å². The number of hydrogen-bond donors (Lipinski definition) is 2.